The molecule has 108 valence electrons. The van der Waals surface area contributed by atoms with Gasteiger partial charge in [-0.3, -0.25) is 0 Å². The smallest absolute Gasteiger partial charge is 0.222 e. The number of para-hydroxylation sites is 1. The zero-order valence-corrected chi connectivity index (χ0v) is 12.2. The third-order valence-electron chi connectivity index (χ3n) is 2.50. The largest absolute Gasteiger partial charge is 0.368 e. The molecular weight excluding hydrogens is 295 g/mol. The number of hydrogen-bond donors (Lipinski definition) is 2. The van der Waals surface area contributed by atoms with Gasteiger partial charge in [-0.2, -0.15) is 4.98 Å². The van der Waals surface area contributed by atoms with Crippen molar-refractivity contribution in [3.8, 4) is 0 Å². The summed E-state index contributed by atoms with van der Waals surface area (Å²) in [6, 6.07) is 7.33. The third-order valence-corrected chi connectivity index (χ3v) is 4.33. The minimum Gasteiger partial charge on any atom is -0.368 e. The lowest BCUT2D eigenvalue weighted by Gasteiger charge is -2.15. The molecule has 0 aliphatic rings. The molecular formula is C13H18ClN4OP. The number of hydrogen-bond acceptors (Lipinski definition) is 5. The molecule has 1 heterocycles. The van der Waals surface area contributed by atoms with Gasteiger partial charge in [-0.25, -0.2) is 4.98 Å². The Morgan fingerprint density at radius 2 is 1.95 bits per heavy atom. The van der Waals surface area contributed by atoms with Crippen molar-refractivity contribution in [1.29, 1.82) is 0 Å². The van der Waals surface area contributed by atoms with Crippen LogP contribution in [0.25, 0.3) is 0 Å². The van der Waals surface area contributed by atoms with Crippen molar-refractivity contribution in [1.82, 2.24) is 9.97 Å². The van der Waals surface area contributed by atoms with Gasteiger partial charge in [-0.1, -0.05) is 31.2 Å². The quantitative estimate of drug-likeness (QED) is 0.850. The van der Waals surface area contributed by atoms with Crippen molar-refractivity contribution < 1.29 is 4.57 Å². The molecule has 0 bridgehead atoms. The summed E-state index contributed by atoms with van der Waals surface area (Å²) in [5, 5.41) is 4.14. The molecule has 1 aromatic carbocycles. The van der Waals surface area contributed by atoms with Crippen molar-refractivity contribution in [2.75, 3.05) is 24.4 Å². The van der Waals surface area contributed by atoms with Crippen LogP contribution in [0.1, 0.15) is 7.43 Å². The van der Waals surface area contributed by atoms with Crippen LogP contribution in [0.2, 0.25) is 5.02 Å². The van der Waals surface area contributed by atoms with E-state index in [4.69, 9.17) is 17.3 Å². The van der Waals surface area contributed by atoms with E-state index in [1.165, 1.54) is 6.20 Å². The lowest BCUT2D eigenvalue weighted by Crippen LogP contribution is -2.10. The second kappa shape index (κ2) is 6.25. The Labute approximate surface area is 124 Å². The highest BCUT2D eigenvalue weighted by Gasteiger charge is 2.16. The Kier molecular flexibility index (Phi) is 5.15. The van der Waals surface area contributed by atoms with Gasteiger partial charge in [-0.05, 0) is 25.5 Å². The van der Waals surface area contributed by atoms with Crippen LogP contribution in [-0.2, 0) is 4.57 Å². The number of rotatable bonds is 3. The number of nitrogens with zero attached hydrogens (tertiary/aromatic N) is 2. The predicted molar refractivity (Wildman–Crippen MR) is 87.0 cm³/mol. The molecule has 2 rings (SSSR count). The third kappa shape index (κ3) is 3.71. The standard InChI is InChI=1S/C12H14ClN4OP.CH4/c1-19(2,18)10-6-4-3-5-9(10)16-11-8(13)7-15-12(14)17-11;/h3-7H,1-2H3,(H3,14,15,16,17);1H4. The first kappa shape index (κ1) is 16.5. The Morgan fingerprint density at radius 1 is 1.30 bits per heavy atom. The van der Waals surface area contributed by atoms with Crippen molar-refractivity contribution >= 4 is 41.5 Å². The number of nitrogens with two attached hydrogens (primary N) is 1. The van der Waals surface area contributed by atoms with Crippen LogP contribution in [0.15, 0.2) is 30.5 Å². The first-order valence-electron chi connectivity index (χ1n) is 5.57. The second-order valence-electron chi connectivity index (χ2n) is 4.42. The maximum Gasteiger partial charge on any atom is 0.222 e. The van der Waals surface area contributed by atoms with Crippen molar-refractivity contribution in [2.45, 2.75) is 7.43 Å². The van der Waals surface area contributed by atoms with Crippen molar-refractivity contribution in [3.63, 3.8) is 0 Å². The highest BCUT2D eigenvalue weighted by Crippen LogP contribution is 2.38. The Balaban J connectivity index is 0.00000200. The van der Waals surface area contributed by atoms with E-state index in [0.717, 1.165) is 5.30 Å². The highest BCUT2D eigenvalue weighted by atomic mass is 35.5. The summed E-state index contributed by atoms with van der Waals surface area (Å²) >= 11 is 6.00. The molecule has 0 atom stereocenters. The molecule has 0 saturated heterocycles. The Bertz CT molecular complexity index is 657. The number of aromatic nitrogens is 2. The van der Waals surface area contributed by atoms with Gasteiger partial charge < -0.3 is 15.6 Å². The lowest BCUT2D eigenvalue weighted by atomic mass is 10.3. The van der Waals surface area contributed by atoms with Crippen LogP contribution in [-0.4, -0.2) is 23.3 Å². The van der Waals surface area contributed by atoms with E-state index in [9.17, 15) is 4.57 Å². The van der Waals surface area contributed by atoms with Gasteiger partial charge >= 0.3 is 0 Å². The molecule has 0 amide bonds. The fourth-order valence-electron chi connectivity index (χ4n) is 1.64. The summed E-state index contributed by atoms with van der Waals surface area (Å²) in [4.78, 5) is 7.82. The summed E-state index contributed by atoms with van der Waals surface area (Å²) < 4.78 is 12.2. The van der Waals surface area contributed by atoms with Crippen molar-refractivity contribution in [2.24, 2.45) is 0 Å². The molecule has 0 aliphatic carbocycles. The Hall–Kier alpha value is -1.58. The van der Waals surface area contributed by atoms with Gasteiger partial charge in [0.1, 0.15) is 12.2 Å². The van der Waals surface area contributed by atoms with Crippen LogP contribution in [0.4, 0.5) is 17.5 Å². The summed E-state index contributed by atoms with van der Waals surface area (Å²) in [5.41, 5.74) is 6.23. The topological polar surface area (TPSA) is 80.9 Å². The van der Waals surface area contributed by atoms with E-state index in [2.05, 4.69) is 15.3 Å². The molecule has 1 aromatic heterocycles. The number of nitrogens with one attached hydrogen (secondary N) is 1. The summed E-state index contributed by atoms with van der Waals surface area (Å²) in [6.07, 6.45) is 1.42. The summed E-state index contributed by atoms with van der Waals surface area (Å²) in [5.74, 6) is 0.524. The summed E-state index contributed by atoms with van der Waals surface area (Å²) in [6.45, 7) is 3.42. The molecule has 0 saturated carbocycles. The lowest BCUT2D eigenvalue weighted by molar-refractivity contribution is 0.588. The fraction of sp³-hybridized carbons (Fsp3) is 0.231. The van der Waals surface area contributed by atoms with Crippen LogP contribution < -0.4 is 16.4 Å². The monoisotopic (exact) mass is 312 g/mol. The van der Waals surface area contributed by atoms with Gasteiger partial charge in [0.15, 0.2) is 5.82 Å². The van der Waals surface area contributed by atoms with Crippen LogP contribution >= 0.6 is 18.7 Å². The fourth-order valence-corrected chi connectivity index (χ4v) is 2.94. The van der Waals surface area contributed by atoms with E-state index in [1.54, 1.807) is 13.3 Å². The van der Waals surface area contributed by atoms with Gasteiger partial charge in [0.2, 0.25) is 5.95 Å². The molecule has 2 aromatic rings. The molecule has 5 nitrogen and oxygen atoms in total. The molecule has 7 heteroatoms. The minimum atomic E-state index is -2.40. The van der Waals surface area contributed by atoms with Gasteiger partial charge in [0.05, 0.1) is 11.9 Å². The molecule has 0 spiro atoms. The number of benzene rings is 1. The van der Waals surface area contributed by atoms with Crippen LogP contribution in [0, 0.1) is 0 Å². The SMILES string of the molecule is C.CP(C)(=O)c1ccccc1Nc1nc(N)ncc1Cl. The molecule has 20 heavy (non-hydrogen) atoms. The van der Waals surface area contributed by atoms with Crippen LogP contribution in [0.3, 0.4) is 0 Å². The second-order valence-corrected chi connectivity index (χ2v) is 8.01. The predicted octanol–water partition coefficient (Wildman–Crippen LogP) is 3.34. The van der Waals surface area contributed by atoms with E-state index in [1.807, 2.05) is 24.3 Å². The first-order valence-corrected chi connectivity index (χ1v) is 8.55. The number of nitrogen functional groups attached to an aromatic ring is 1. The van der Waals surface area contributed by atoms with Gasteiger partial charge in [0.25, 0.3) is 0 Å². The van der Waals surface area contributed by atoms with E-state index >= 15 is 0 Å². The number of halogens is 1. The Morgan fingerprint density at radius 3 is 2.60 bits per heavy atom. The van der Waals surface area contributed by atoms with Gasteiger partial charge in [-0.15, -0.1) is 0 Å². The van der Waals surface area contributed by atoms with E-state index in [0.29, 0.717) is 16.5 Å². The van der Waals surface area contributed by atoms with E-state index in [-0.39, 0.29) is 13.4 Å². The average molecular weight is 313 g/mol. The maximum atomic E-state index is 12.2. The molecule has 0 radical (unpaired) electrons. The molecule has 0 aliphatic heterocycles. The molecule has 0 fully saturated rings. The van der Waals surface area contributed by atoms with Crippen molar-refractivity contribution in [3.05, 3.63) is 35.5 Å². The number of anilines is 3. The molecule has 0 unspecified atom stereocenters. The zero-order chi connectivity index (χ0) is 14.0. The summed E-state index contributed by atoms with van der Waals surface area (Å²) in [7, 11) is -2.40. The zero-order valence-electron chi connectivity index (χ0n) is 10.6. The highest BCUT2D eigenvalue weighted by molar-refractivity contribution is 7.70. The van der Waals surface area contributed by atoms with Crippen LogP contribution in [0.5, 0.6) is 0 Å². The van der Waals surface area contributed by atoms with E-state index < -0.39 is 7.14 Å². The maximum absolute atomic E-state index is 12.2. The minimum absolute atomic E-state index is 0. The van der Waals surface area contributed by atoms with Gasteiger partial charge in [0, 0.05) is 5.30 Å². The first-order chi connectivity index (χ1) is 8.88. The normalized spacial score (nSPS) is 10.8. The average Bonchev–Trinajstić information content (AvgIpc) is 2.33. The molecule has 3 N–H and O–H groups in total.